The molecular formula is C17H24N2. The molecule has 19 heavy (non-hydrogen) atoms. The summed E-state index contributed by atoms with van der Waals surface area (Å²) in [6.07, 6.45) is 3.91. The van der Waals surface area contributed by atoms with E-state index in [4.69, 9.17) is 0 Å². The van der Waals surface area contributed by atoms with Crippen LogP contribution < -0.4 is 4.90 Å². The lowest BCUT2D eigenvalue weighted by molar-refractivity contribution is 0.325. The summed E-state index contributed by atoms with van der Waals surface area (Å²) in [6, 6.07) is 7.05. The van der Waals surface area contributed by atoms with Gasteiger partial charge in [-0.25, -0.2) is 0 Å². The van der Waals surface area contributed by atoms with Crippen LogP contribution in [0, 0.1) is 5.92 Å². The van der Waals surface area contributed by atoms with Crippen LogP contribution in [-0.4, -0.2) is 37.6 Å². The Bertz CT molecular complexity index is 482. The Hall–Kier alpha value is -1.02. The Morgan fingerprint density at radius 1 is 1.21 bits per heavy atom. The molecule has 0 bridgehead atoms. The van der Waals surface area contributed by atoms with Crippen molar-refractivity contribution in [2.75, 3.05) is 37.6 Å². The highest BCUT2D eigenvalue weighted by molar-refractivity contribution is 5.64. The maximum absolute atomic E-state index is 2.69. The van der Waals surface area contributed by atoms with Gasteiger partial charge in [-0.15, -0.1) is 0 Å². The summed E-state index contributed by atoms with van der Waals surface area (Å²) >= 11 is 0. The number of rotatable bonds is 2. The van der Waals surface area contributed by atoms with Crippen LogP contribution in [0.25, 0.3) is 0 Å². The van der Waals surface area contributed by atoms with Gasteiger partial charge in [0, 0.05) is 37.8 Å². The van der Waals surface area contributed by atoms with Crippen LogP contribution in [-0.2, 0) is 6.42 Å². The molecule has 0 aliphatic carbocycles. The summed E-state index contributed by atoms with van der Waals surface area (Å²) in [5.74, 6) is 1.67. The second kappa shape index (κ2) is 4.52. The van der Waals surface area contributed by atoms with Crippen LogP contribution in [0.15, 0.2) is 18.2 Å². The fourth-order valence-electron chi connectivity index (χ4n) is 4.53. The third kappa shape index (κ3) is 1.80. The van der Waals surface area contributed by atoms with Gasteiger partial charge in [0.2, 0.25) is 0 Å². The first kappa shape index (κ1) is 11.8. The van der Waals surface area contributed by atoms with Gasteiger partial charge in [0.15, 0.2) is 0 Å². The molecule has 3 aliphatic heterocycles. The molecule has 0 N–H and O–H groups in total. The molecule has 0 aromatic heterocycles. The van der Waals surface area contributed by atoms with E-state index in [-0.39, 0.29) is 0 Å². The molecule has 4 rings (SSSR count). The lowest BCUT2D eigenvalue weighted by Crippen LogP contribution is -2.40. The smallest absolute Gasteiger partial charge is 0.0434 e. The number of likely N-dealkylation sites (tertiary alicyclic amines) is 1. The molecule has 1 aromatic carbocycles. The average Bonchev–Trinajstić information content (AvgIpc) is 2.83. The van der Waals surface area contributed by atoms with Crippen LogP contribution in [0.3, 0.4) is 0 Å². The second-order valence-corrected chi connectivity index (χ2v) is 6.53. The van der Waals surface area contributed by atoms with Gasteiger partial charge in [0.1, 0.15) is 0 Å². The zero-order chi connectivity index (χ0) is 12.8. The van der Waals surface area contributed by atoms with E-state index in [1.54, 1.807) is 16.8 Å². The van der Waals surface area contributed by atoms with Crippen LogP contribution in [0.5, 0.6) is 0 Å². The first-order valence-electron chi connectivity index (χ1n) is 7.96. The van der Waals surface area contributed by atoms with Crippen molar-refractivity contribution >= 4 is 5.69 Å². The van der Waals surface area contributed by atoms with E-state index in [0.29, 0.717) is 0 Å². The predicted molar refractivity (Wildman–Crippen MR) is 79.9 cm³/mol. The summed E-state index contributed by atoms with van der Waals surface area (Å²) in [5, 5.41) is 0. The van der Waals surface area contributed by atoms with E-state index >= 15 is 0 Å². The number of aryl methyl sites for hydroxylation is 1. The van der Waals surface area contributed by atoms with Crippen LogP contribution in [0.4, 0.5) is 5.69 Å². The van der Waals surface area contributed by atoms with Crippen molar-refractivity contribution in [3.05, 3.63) is 29.3 Å². The van der Waals surface area contributed by atoms with Gasteiger partial charge in [-0.1, -0.05) is 25.1 Å². The van der Waals surface area contributed by atoms with Crippen LogP contribution in [0.2, 0.25) is 0 Å². The molecule has 3 aliphatic rings. The molecule has 102 valence electrons. The summed E-state index contributed by atoms with van der Waals surface area (Å²) < 4.78 is 0. The molecule has 0 amide bonds. The Morgan fingerprint density at radius 2 is 2.16 bits per heavy atom. The molecule has 0 radical (unpaired) electrons. The number of para-hydroxylation sites is 1. The molecule has 0 unspecified atom stereocenters. The highest BCUT2D eigenvalue weighted by Crippen LogP contribution is 2.45. The number of fused-ring (bicyclic) bond motifs is 2. The largest absolute Gasteiger partial charge is 0.371 e. The topological polar surface area (TPSA) is 6.48 Å². The molecule has 2 atom stereocenters. The molecule has 2 nitrogen and oxygen atoms in total. The molecular weight excluding hydrogens is 232 g/mol. The third-order valence-electron chi connectivity index (χ3n) is 5.25. The zero-order valence-corrected chi connectivity index (χ0v) is 11.9. The first-order chi connectivity index (χ1) is 9.36. The van der Waals surface area contributed by atoms with Gasteiger partial charge < -0.3 is 9.80 Å². The van der Waals surface area contributed by atoms with Gasteiger partial charge in [0.25, 0.3) is 0 Å². The molecule has 1 fully saturated rings. The van der Waals surface area contributed by atoms with Crippen molar-refractivity contribution in [2.24, 2.45) is 5.92 Å². The number of hydrogen-bond donors (Lipinski definition) is 0. The SMILES string of the molecule is CCCN1C[C@@H]2CN3CCCc4cccc(c43)[C@@H]2C1. The predicted octanol–water partition coefficient (Wildman–Crippen LogP) is 2.88. The van der Waals surface area contributed by atoms with E-state index in [1.165, 1.54) is 52.0 Å². The Kier molecular flexibility index (Phi) is 2.80. The zero-order valence-electron chi connectivity index (χ0n) is 11.9. The normalized spacial score (nSPS) is 29.2. The molecule has 1 aromatic rings. The minimum atomic E-state index is 0.802. The summed E-state index contributed by atoms with van der Waals surface area (Å²) in [5.41, 5.74) is 4.89. The van der Waals surface area contributed by atoms with Crippen LogP contribution >= 0.6 is 0 Å². The number of anilines is 1. The third-order valence-corrected chi connectivity index (χ3v) is 5.25. The average molecular weight is 256 g/mol. The summed E-state index contributed by atoms with van der Waals surface area (Å²) in [6.45, 7) is 8.77. The Labute approximate surface area is 116 Å². The van der Waals surface area contributed by atoms with Gasteiger partial charge in [-0.05, 0) is 42.9 Å². The highest BCUT2D eigenvalue weighted by Gasteiger charge is 2.40. The van der Waals surface area contributed by atoms with Gasteiger partial charge in [0.05, 0.1) is 0 Å². The molecule has 0 saturated carbocycles. The fourth-order valence-corrected chi connectivity index (χ4v) is 4.53. The molecule has 2 heteroatoms. The number of hydrogen-bond acceptors (Lipinski definition) is 2. The minimum absolute atomic E-state index is 0.802. The van der Waals surface area contributed by atoms with Crippen molar-refractivity contribution in [1.29, 1.82) is 0 Å². The fraction of sp³-hybridized carbons (Fsp3) is 0.647. The summed E-state index contributed by atoms with van der Waals surface area (Å²) in [7, 11) is 0. The minimum Gasteiger partial charge on any atom is -0.371 e. The van der Waals surface area contributed by atoms with Crippen molar-refractivity contribution in [3.63, 3.8) is 0 Å². The van der Waals surface area contributed by atoms with Gasteiger partial charge in [-0.3, -0.25) is 0 Å². The lowest BCUT2D eigenvalue weighted by Gasteiger charge is -2.41. The number of nitrogens with zero attached hydrogens (tertiary/aromatic N) is 2. The van der Waals surface area contributed by atoms with Crippen molar-refractivity contribution in [2.45, 2.75) is 32.1 Å². The maximum Gasteiger partial charge on any atom is 0.0434 e. The van der Waals surface area contributed by atoms with Gasteiger partial charge in [-0.2, -0.15) is 0 Å². The van der Waals surface area contributed by atoms with Crippen molar-refractivity contribution in [3.8, 4) is 0 Å². The quantitative estimate of drug-likeness (QED) is 0.803. The summed E-state index contributed by atoms with van der Waals surface area (Å²) in [4.78, 5) is 5.37. The molecule has 0 spiro atoms. The van der Waals surface area contributed by atoms with E-state index in [1.807, 2.05) is 0 Å². The van der Waals surface area contributed by atoms with Crippen molar-refractivity contribution in [1.82, 2.24) is 4.90 Å². The molecule has 1 saturated heterocycles. The monoisotopic (exact) mass is 256 g/mol. The Balaban J connectivity index is 1.72. The maximum atomic E-state index is 2.69. The Morgan fingerprint density at radius 3 is 3.05 bits per heavy atom. The van der Waals surface area contributed by atoms with Crippen molar-refractivity contribution < 1.29 is 0 Å². The van der Waals surface area contributed by atoms with E-state index in [0.717, 1.165) is 11.8 Å². The van der Waals surface area contributed by atoms with E-state index in [2.05, 4.69) is 34.9 Å². The van der Waals surface area contributed by atoms with E-state index in [9.17, 15) is 0 Å². The lowest BCUT2D eigenvalue weighted by atomic mass is 9.80. The van der Waals surface area contributed by atoms with Gasteiger partial charge >= 0.3 is 0 Å². The highest BCUT2D eigenvalue weighted by atomic mass is 15.2. The van der Waals surface area contributed by atoms with Crippen LogP contribution in [0.1, 0.15) is 36.8 Å². The molecule has 3 heterocycles. The van der Waals surface area contributed by atoms with E-state index < -0.39 is 0 Å². The second-order valence-electron chi connectivity index (χ2n) is 6.53. The standard InChI is InChI=1S/C17H24N2/c1-2-8-18-10-14-11-19-9-4-6-13-5-3-7-15(17(13)19)16(14)12-18/h3,5,7,14,16H,2,4,6,8-12H2,1H3/t14-,16-/m1/s1. The first-order valence-corrected chi connectivity index (χ1v) is 7.96. The number of benzene rings is 1.